The molecule has 1 amide bonds. The van der Waals surface area contributed by atoms with Gasteiger partial charge in [0.15, 0.2) is 0 Å². The molecule has 0 bridgehead atoms. The zero-order valence-electron chi connectivity index (χ0n) is 21.0. The molecule has 4 rings (SSSR count). The van der Waals surface area contributed by atoms with E-state index in [1.807, 2.05) is 47.4 Å². The normalized spacial score (nSPS) is 12.8. The minimum atomic E-state index is -0.865. The molecule has 194 valence electrons. The molecule has 0 saturated carbocycles. The van der Waals surface area contributed by atoms with Gasteiger partial charge in [-0.05, 0) is 71.8 Å². The molecule has 0 spiro atoms. The molecule has 3 aromatic rings. The molecule has 1 aliphatic heterocycles. The van der Waals surface area contributed by atoms with Crippen LogP contribution in [0.25, 0.3) is 0 Å². The Balaban J connectivity index is 1.33. The summed E-state index contributed by atoms with van der Waals surface area (Å²) in [6.45, 7) is 4.10. The number of rotatable bonds is 11. The quantitative estimate of drug-likeness (QED) is 0.218. The van der Waals surface area contributed by atoms with Crippen LogP contribution in [-0.4, -0.2) is 40.8 Å². The smallest absolute Gasteiger partial charge is 0.307 e. The van der Waals surface area contributed by atoms with Crippen LogP contribution in [0.3, 0.4) is 0 Å². The Hall–Kier alpha value is -2.96. The monoisotopic (exact) mass is 537 g/mol. The predicted molar refractivity (Wildman–Crippen MR) is 149 cm³/mol. The third-order valence-electron chi connectivity index (χ3n) is 6.38. The van der Waals surface area contributed by atoms with E-state index in [2.05, 4.69) is 19.1 Å². The van der Waals surface area contributed by atoms with Crippen LogP contribution in [0.2, 0.25) is 5.02 Å². The molecule has 0 atom stereocenters. The number of hydrogen-bond acceptors (Lipinski definition) is 4. The van der Waals surface area contributed by atoms with E-state index in [4.69, 9.17) is 21.4 Å². The number of carboxylic acid groups (broad SMARTS) is 1. The van der Waals surface area contributed by atoms with Gasteiger partial charge in [0.2, 0.25) is 0 Å². The summed E-state index contributed by atoms with van der Waals surface area (Å²) in [5.74, 6) is 1.02. The highest BCUT2D eigenvalue weighted by Gasteiger charge is 2.23. The van der Waals surface area contributed by atoms with Crippen LogP contribution >= 0.6 is 23.4 Å². The van der Waals surface area contributed by atoms with E-state index in [9.17, 15) is 9.59 Å². The van der Waals surface area contributed by atoms with E-state index in [0.717, 1.165) is 47.6 Å². The summed E-state index contributed by atoms with van der Waals surface area (Å²) in [6.07, 6.45) is 3.61. The molecular formula is C30H32ClNO4S. The summed E-state index contributed by atoms with van der Waals surface area (Å²) in [7, 11) is 0. The Labute approximate surface area is 227 Å². The fraction of sp³-hybridized carbons (Fsp3) is 0.333. The number of carbonyl (C=O) groups excluding carboxylic acids is 1. The molecule has 1 N–H and O–H groups in total. The second-order valence-electron chi connectivity index (χ2n) is 9.21. The van der Waals surface area contributed by atoms with Crippen LogP contribution < -0.4 is 4.74 Å². The first-order valence-electron chi connectivity index (χ1n) is 12.7. The summed E-state index contributed by atoms with van der Waals surface area (Å²) in [5, 5.41) is 9.53. The second-order valence-corrected chi connectivity index (χ2v) is 10.8. The van der Waals surface area contributed by atoms with Crippen molar-refractivity contribution >= 4 is 35.2 Å². The molecule has 7 heteroatoms. The molecule has 37 heavy (non-hydrogen) atoms. The Morgan fingerprint density at radius 3 is 2.62 bits per heavy atom. The Kier molecular flexibility index (Phi) is 9.53. The maximum atomic E-state index is 12.9. The van der Waals surface area contributed by atoms with Gasteiger partial charge in [0, 0.05) is 29.3 Å². The molecule has 1 aliphatic rings. The van der Waals surface area contributed by atoms with Crippen LogP contribution in [0.5, 0.6) is 5.75 Å². The largest absolute Gasteiger partial charge is 0.493 e. The molecule has 1 heterocycles. The first-order valence-corrected chi connectivity index (χ1v) is 14.1. The van der Waals surface area contributed by atoms with Crippen molar-refractivity contribution in [1.29, 1.82) is 0 Å². The van der Waals surface area contributed by atoms with Crippen molar-refractivity contribution in [2.45, 2.75) is 50.5 Å². The zero-order chi connectivity index (χ0) is 26.2. The van der Waals surface area contributed by atoms with Gasteiger partial charge < -0.3 is 14.7 Å². The average molecular weight is 538 g/mol. The molecule has 0 aliphatic carbocycles. The Morgan fingerprint density at radius 2 is 1.89 bits per heavy atom. The van der Waals surface area contributed by atoms with Gasteiger partial charge in [-0.25, -0.2) is 0 Å². The number of halogens is 1. The van der Waals surface area contributed by atoms with E-state index in [1.165, 1.54) is 16.7 Å². The van der Waals surface area contributed by atoms with Crippen molar-refractivity contribution < 1.29 is 19.4 Å². The summed E-state index contributed by atoms with van der Waals surface area (Å²) in [5.41, 5.74) is 5.10. The van der Waals surface area contributed by atoms with Gasteiger partial charge >= 0.3 is 5.97 Å². The number of nitrogens with zero attached hydrogens (tertiary/aromatic N) is 1. The Bertz CT molecular complexity index is 1250. The molecular weight excluding hydrogens is 506 g/mol. The van der Waals surface area contributed by atoms with E-state index >= 15 is 0 Å². The molecule has 0 aromatic heterocycles. The predicted octanol–water partition coefficient (Wildman–Crippen LogP) is 6.68. The maximum absolute atomic E-state index is 12.9. The van der Waals surface area contributed by atoms with Gasteiger partial charge in [0.1, 0.15) is 5.75 Å². The summed E-state index contributed by atoms with van der Waals surface area (Å²) in [6, 6.07) is 19.3. The van der Waals surface area contributed by atoms with Crippen LogP contribution in [0.15, 0.2) is 65.6 Å². The average Bonchev–Trinajstić information content (AvgIpc) is 2.89. The third kappa shape index (κ3) is 7.30. The van der Waals surface area contributed by atoms with Crippen LogP contribution in [-0.2, 0) is 30.6 Å². The number of thioether (sulfide) groups is 1. The zero-order valence-corrected chi connectivity index (χ0v) is 22.6. The summed E-state index contributed by atoms with van der Waals surface area (Å²) >= 11 is 7.99. The second kappa shape index (κ2) is 13.0. The number of aliphatic carboxylic acids is 1. The van der Waals surface area contributed by atoms with E-state index in [-0.39, 0.29) is 12.3 Å². The number of ether oxygens (including phenoxy) is 1. The number of carbonyl (C=O) groups is 2. The van der Waals surface area contributed by atoms with Crippen LogP contribution in [0, 0.1) is 0 Å². The van der Waals surface area contributed by atoms with Gasteiger partial charge in [-0.15, -0.1) is 11.8 Å². The van der Waals surface area contributed by atoms with Gasteiger partial charge in [0.25, 0.3) is 5.91 Å². The van der Waals surface area contributed by atoms with Crippen molar-refractivity contribution in [1.82, 2.24) is 4.90 Å². The lowest BCUT2D eigenvalue weighted by molar-refractivity contribution is -0.136. The van der Waals surface area contributed by atoms with E-state index in [0.29, 0.717) is 30.3 Å². The van der Waals surface area contributed by atoms with Gasteiger partial charge in [-0.1, -0.05) is 55.3 Å². The first-order chi connectivity index (χ1) is 17.9. The summed E-state index contributed by atoms with van der Waals surface area (Å²) in [4.78, 5) is 26.7. The SMILES string of the molecule is CCCc1cc2c(cc1OCCCSc1ccc(CC(=O)O)cc1Cl)CCN(C(=O)c1ccccc1)C2. The summed E-state index contributed by atoms with van der Waals surface area (Å²) < 4.78 is 6.24. The van der Waals surface area contributed by atoms with Gasteiger partial charge in [0.05, 0.1) is 18.1 Å². The van der Waals surface area contributed by atoms with Gasteiger partial charge in [-0.3, -0.25) is 9.59 Å². The van der Waals surface area contributed by atoms with Crippen molar-refractivity contribution in [3.63, 3.8) is 0 Å². The first kappa shape index (κ1) is 27.1. The maximum Gasteiger partial charge on any atom is 0.307 e. The minimum Gasteiger partial charge on any atom is -0.493 e. The van der Waals surface area contributed by atoms with Crippen molar-refractivity contribution in [3.8, 4) is 5.75 Å². The number of aryl methyl sites for hydroxylation is 1. The molecule has 3 aromatic carbocycles. The Morgan fingerprint density at radius 1 is 1.08 bits per heavy atom. The van der Waals surface area contributed by atoms with Crippen LogP contribution in [0.4, 0.5) is 0 Å². The molecule has 0 radical (unpaired) electrons. The fourth-order valence-electron chi connectivity index (χ4n) is 4.54. The highest BCUT2D eigenvalue weighted by atomic mass is 35.5. The lowest BCUT2D eigenvalue weighted by atomic mass is 9.94. The van der Waals surface area contributed by atoms with Gasteiger partial charge in [-0.2, -0.15) is 0 Å². The lowest BCUT2D eigenvalue weighted by Gasteiger charge is -2.30. The highest BCUT2D eigenvalue weighted by molar-refractivity contribution is 7.99. The van der Waals surface area contributed by atoms with E-state index in [1.54, 1.807) is 17.8 Å². The van der Waals surface area contributed by atoms with Crippen LogP contribution in [0.1, 0.15) is 52.4 Å². The third-order valence-corrected chi connectivity index (χ3v) is 7.96. The lowest BCUT2D eigenvalue weighted by Crippen LogP contribution is -2.36. The topological polar surface area (TPSA) is 66.8 Å². The number of benzene rings is 3. The van der Waals surface area contributed by atoms with E-state index < -0.39 is 5.97 Å². The van der Waals surface area contributed by atoms with Crippen molar-refractivity contribution in [2.75, 3.05) is 18.9 Å². The van der Waals surface area contributed by atoms with Crippen molar-refractivity contribution in [3.05, 3.63) is 93.5 Å². The minimum absolute atomic E-state index is 0.0270. The fourth-order valence-corrected chi connectivity index (χ4v) is 5.75. The molecule has 0 unspecified atom stereocenters. The molecule has 5 nitrogen and oxygen atoms in total. The van der Waals surface area contributed by atoms with Crippen molar-refractivity contribution in [2.24, 2.45) is 0 Å². The number of amides is 1. The standard InChI is InChI=1S/C30H32ClNO4S/c1-2-7-24-18-25-20-32(30(35)22-8-4-3-5-9-22)13-12-23(25)19-27(24)36-14-6-15-37-28-11-10-21(16-26(28)31)17-29(33)34/h3-5,8-11,16,18-19H,2,6-7,12-15,17,20H2,1H3,(H,33,34). The molecule has 0 saturated heterocycles. The molecule has 0 fully saturated rings. The highest BCUT2D eigenvalue weighted by Crippen LogP contribution is 2.31. The number of fused-ring (bicyclic) bond motifs is 1. The number of hydrogen-bond donors (Lipinski definition) is 1. The number of carboxylic acids is 1.